The van der Waals surface area contributed by atoms with Crippen LogP contribution in [0.1, 0.15) is 0 Å². The summed E-state index contributed by atoms with van der Waals surface area (Å²) in [5.41, 5.74) is 0. The Labute approximate surface area is 124 Å². The number of tetrazole rings is 2. The molecule has 2 aromatic heterocycles. The Bertz CT molecular complexity index is 556. The molecule has 0 saturated heterocycles. The van der Waals surface area contributed by atoms with Crippen molar-refractivity contribution in [1.82, 2.24) is 40.4 Å². The van der Waals surface area contributed by atoms with Gasteiger partial charge in [-0.15, -0.1) is 0 Å². The number of hydrogen-bond acceptors (Lipinski definition) is 10. The van der Waals surface area contributed by atoms with Crippen molar-refractivity contribution in [2.75, 3.05) is 37.3 Å². The van der Waals surface area contributed by atoms with Crippen molar-refractivity contribution in [1.29, 1.82) is 0 Å². The van der Waals surface area contributed by atoms with E-state index in [9.17, 15) is 0 Å². The molecule has 2 aromatic rings. The van der Waals surface area contributed by atoms with Crippen LogP contribution < -0.4 is 10.0 Å². The Morgan fingerprint density at radius 1 is 0.864 bits per heavy atom. The van der Waals surface area contributed by atoms with Crippen LogP contribution in [0.5, 0.6) is 0 Å². The summed E-state index contributed by atoms with van der Waals surface area (Å²) in [6.45, 7) is 0.289. The first-order chi connectivity index (χ1) is 10.7. The lowest BCUT2D eigenvalue weighted by molar-refractivity contribution is 0.268. The normalized spacial score (nSPS) is 11.3. The van der Waals surface area contributed by atoms with Crippen LogP contribution in [0.2, 0.25) is 0 Å². The number of aromatic nitrogens is 8. The third-order valence-corrected chi connectivity index (χ3v) is 2.54. The Kier molecular flexibility index (Phi) is 5.21. The predicted molar refractivity (Wildman–Crippen MR) is 71.5 cm³/mol. The molecule has 0 spiro atoms. The first-order valence-electron chi connectivity index (χ1n) is 6.30. The highest BCUT2D eigenvalue weighted by molar-refractivity contribution is 5.25. The van der Waals surface area contributed by atoms with E-state index < -0.39 is 0 Å². The quantitative estimate of drug-likeness (QED) is 0.394. The lowest BCUT2D eigenvalue weighted by atomic mass is 10.7. The molecule has 0 atom stereocenters. The molecule has 0 aliphatic carbocycles. The van der Waals surface area contributed by atoms with Gasteiger partial charge in [0, 0.05) is 14.1 Å². The van der Waals surface area contributed by atoms with Gasteiger partial charge in [0.2, 0.25) is 0 Å². The zero-order chi connectivity index (χ0) is 15.9. The van der Waals surface area contributed by atoms with Crippen molar-refractivity contribution in [3.63, 3.8) is 0 Å². The summed E-state index contributed by atoms with van der Waals surface area (Å²) in [7, 11) is 3.21. The average Bonchev–Trinajstić information content (AvgIpc) is 3.14. The Morgan fingerprint density at radius 3 is 1.64 bits per heavy atom. The van der Waals surface area contributed by atoms with Crippen LogP contribution in [0.3, 0.4) is 0 Å². The zero-order valence-corrected chi connectivity index (χ0v) is 12.1. The molecule has 2 rings (SSSR count). The number of hydrogen-bond donors (Lipinski definition) is 2. The van der Waals surface area contributed by atoms with E-state index in [1.165, 1.54) is 19.4 Å². The highest BCUT2D eigenvalue weighted by Crippen LogP contribution is 2.10. The number of aliphatic hydroxyl groups excluding tert-OH is 2. The van der Waals surface area contributed by atoms with E-state index in [1.54, 1.807) is 14.1 Å². The van der Waals surface area contributed by atoms with Gasteiger partial charge in [0.25, 0.3) is 11.9 Å². The molecule has 0 aliphatic rings. The van der Waals surface area contributed by atoms with E-state index in [0.29, 0.717) is 11.9 Å². The number of rotatable bonds is 8. The Balaban J connectivity index is 2.06. The lowest BCUT2D eigenvalue weighted by Crippen LogP contribution is -2.20. The summed E-state index contributed by atoms with van der Waals surface area (Å²) >= 11 is 0. The third-order valence-electron chi connectivity index (χ3n) is 2.54. The molecule has 0 bridgehead atoms. The maximum atomic E-state index is 8.93. The van der Waals surface area contributed by atoms with Gasteiger partial charge >= 0.3 is 0 Å². The summed E-state index contributed by atoms with van der Waals surface area (Å²) < 4.78 is 2.77. The molecule has 0 aromatic carbocycles. The minimum absolute atomic E-state index is 0.0984. The largest absolute Gasteiger partial charge is 0.394 e. The second kappa shape index (κ2) is 7.32. The fourth-order valence-electron chi connectivity index (χ4n) is 1.54. The van der Waals surface area contributed by atoms with Gasteiger partial charge < -0.3 is 10.2 Å². The Hall–Kier alpha value is -2.74. The van der Waals surface area contributed by atoms with E-state index in [1.807, 2.05) is 0 Å². The molecule has 0 amide bonds. The van der Waals surface area contributed by atoms with E-state index in [0.717, 1.165) is 0 Å². The molecule has 0 radical (unpaired) electrons. The van der Waals surface area contributed by atoms with Gasteiger partial charge in [-0.25, -0.2) is 19.4 Å². The maximum absolute atomic E-state index is 8.93. The van der Waals surface area contributed by atoms with Gasteiger partial charge in [-0.1, -0.05) is 10.2 Å². The summed E-state index contributed by atoms with van der Waals surface area (Å²) in [5, 5.41) is 50.4. The summed E-state index contributed by atoms with van der Waals surface area (Å²) in [6.07, 6.45) is 0. The molecule has 14 heteroatoms. The minimum Gasteiger partial charge on any atom is -0.394 e. The first-order valence-corrected chi connectivity index (χ1v) is 6.30. The van der Waals surface area contributed by atoms with Crippen molar-refractivity contribution in [3.05, 3.63) is 0 Å². The first kappa shape index (κ1) is 15.6. The van der Waals surface area contributed by atoms with Crippen LogP contribution in [0.25, 0.3) is 0 Å². The van der Waals surface area contributed by atoms with E-state index >= 15 is 0 Å². The second-order valence-corrected chi connectivity index (χ2v) is 4.08. The van der Waals surface area contributed by atoms with Crippen molar-refractivity contribution in [3.8, 4) is 0 Å². The number of anilines is 2. The van der Waals surface area contributed by atoms with Crippen LogP contribution in [0.4, 0.5) is 11.9 Å². The zero-order valence-electron chi connectivity index (χ0n) is 12.1. The summed E-state index contributed by atoms with van der Waals surface area (Å²) in [5.74, 6) is 0.641. The molecule has 120 valence electrons. The van der Waals surface area contributed by atoms with Gasteiger partial charge in [0.1, 0.15) is 0 Å². The van der Waals surface area contributed by atoms with E-state index in [2.05, 4.69) is 41.5 Å². The molecule has 22 heavy (non-hydrogen) atoms. The Morgan fingerprint density at radius 2 is 1.27 bits per heavy atom. The van der Waals surface area contributed by atoms with Gasteiger partial charge in [0.15, 0.2) is 0 Å². The molecule has 0 saturated carbocycles. The van der Waals surface area contributed by atoms with Gasteiger partial charge in [-0.05, 0) is 31.3 Å². The monoisotopic (exact) mass is 312 g/mol. The number of aliphatic hydroxyl groups is 2. The topological polar surface area (TPSA) is 159 Å². The average molecular weight is 312 g/mol. The fourth-order valence-corrected chi connectivity index (χ4v) is 1.54. The molecule has 14 nitrogen and oxygen atoms in total. The predicted octanol–water partition coefficient (Wildman–Crippen LogP) is -2.50. The molecule has 0 aliphatic heterocycles. The summed E-state index contributed by atoms with van der Waals surface area (Å²) in [6, 6.07) is 0. The van der Waals surface area contributed by atoms with Crippen molar-refractivity contribution in [2.24, 2.45) is 10.4 Å². The smallest absolute Gasteiger partial charge is 0.267 e. The van der Waals surface area contributed by atoms with Gasteiger partial charge in [-0.3, -0.25) is 0 Å². The summed E-state index contributed by atoms with van der Waals surface area (Å²) in [4.78, 5) is 0. The molecular weight excluding hydrogens is 296 g/mol. The third kappa shape index (κ3) is 3.47. The fraction of sp³-hybridized carbons (Fsp3) is 0.750. The molecule has 2 heterocycles. The second-order valence-electron chi connectivity index (χ2n) is 4.08. The van der Waals surface area contributed by atoms with Crippen LogP contribution in [-0.2, 0) is 13.1 Å². The standard InChI is InChI=1S/C8H16N12O2/c1-17(7-9-11-13-19(7)3-5-21)15-16-18(2)8-10-12-14-20(8)4-6-22/h21-22H,3-6H2,1-2H3/b16-15+. The van der Waals surface area contributed by atoms with E-state index in [-0.39, 0.29) is 26.3 Å². The minimum atomic E-state index is -0.0984. The van der Waals surface area contributed by atoms with Crippen LogP contribution in [0.15, 0.2) is 10.4 Å². The van der Waals surface area contributed by atoms with Gasteiger partial charge in [-0.2, -0.15) is 0 Å². The van der Waals surface area contributed by atoms with Gasteiger partial charge in [0.05, 0.1) is 26.3 Å². The highest BCUT2D eigenvalue weighted by atomic mass is 16.3. The van der Waals surface area contributed by atoms with Crippen molar-refractivity contribution in [2.45, 2.75) is 13.1 Å². The highest BCUT2D eigenvalue weighted by Gasteiger charge is 2.13. The van der Waals surface area contributed by atoms with Crippen LogP contribution >= 0.6 is 0 Å². The van der Waals surface area contributed by atoms with Crippen LogP contribution in [0, 0.1) is 0 Å². The maximum Gasteiger partial charge on any atom is 0.267 e. The molecular formula is C8H16N12O2. The van der Waals surface area contributed by atoms with Crippen molar-refractivity contribution >= 4 is 11.9 Å². The SMILES string of the molecule is CN(/N=N/N(C)c1nnnn1CCO)c1nnnn1CCO. The molecule has 0 fully saturated rings. The molecule has 2 N–H and O–H groups in total. The molecule has 0 unspecified atom stereocenters. The van der Waals surface area contributed by atoms with Crippen LogP contribution in [-0.4, -0.2) is 77.9 Å². The van der Waals surface area contributed by atoms with E-state index in [4.69, 9.17) is 10.2 Å². The lowest BCUT2D eigenvalue weighted by Gasteiger charge is -2.13. The van der Waals surface area contributed by atoms with Crippen molar-refractivity contribution < 1.29 is 10.2 Å². The number of nitrogens with zero attached hydrogens (tertiary/aromatic N) is 12.